The molecule has 1 aromatic carbocycles. The highest BCUT2D eigenvalue weighted by Crippen LogP contribution is 2.36. The molecule has 0 spiro atoms. The van der Waals surface area contributed by atoms with Gasteiger partial charge in [0, 0.05) is 57.9 Å². The van der Waals surface area contributed by atoms with Gasteiger partial charge in [-0.05, 0) is 36.8 Å². The number of ether oxygens (including phenoxy) is 2. The van der Waals surface area contributed by atoms with Gasteiger partial charge in [-0.25, -0.2) is 0 Å². The van der Waals surface area contributed by atoms with E-state index < -0.39 is 0 Å². The topological polar surface area (TPSA) is 58.1 Å². The van der Waals surface area contributed by atoms with Crippen LogP contribution in [0.2, 0.25) is 0 Å². The summed E-state index contributed by atoms with van der Waals surface area (Å²) < 4.78 is 11.2. The quantitative estimate of drug-likeness (QED) is 0.314. The molecule has 2 heterocycles. The van der Waals surface area contributed by atoms with Gasteiger partial charge in [-0.15, -0.1) is 24.0 Å². The van der Waals surface area contributed by atoms with Gasteiger partial charge in [-0.3, -0.25) is 9.89 Å². The number of aryl methyl sites for hydroxylation is 1. The van der Waals surface area contributed by atoms with Gasteiger partial charge in [-0.2, -0.15) is 0 Å². The van der Waals surface area contributed by atoms with Crippen LogP contribution >= 0.6 is 24.0 Å². The Bertz CT molecular complexity index is 686. The molecule has 31 heavy (non-hydrogen) atoms. The summed E-state index contributed by atoms with van der Waals surface area (Å²) in [5.41, 5.74) is 2.88. The molecule has 2 aliphatic heterocycles. The zero-order valence-corrected chi connectivity index (χ0v) is 22.0. The van der Waals surface area contributed by atoms with E-state index in [2.05, 4.69) is 65.6 Å². The first-order chi connectivity index (χ1) is 14.6. The van der Waals surface area contributed by atoms with Gasteiger partial charge >= 0.3 is 0 Å². The largest absolute Gasteiger partial charge is 0.381 e. The van der Waals surface area contributed by atoms with Crippen molar-refractivity contribution in [3.05, 3.63) is 35.4 Å². The second kappa shape index (κ2) is 13.0. The van der Waals surface area contributed by atoms with E-state index in [9.17, 15) is 0 Å². The van der Waals surface area contributed by atoms with Crippen LogP contribution in [0.5, 0.6) is 0 Å². The summed E-state index contributed by atoms with van der Waals surface area (Å²) in [5, 5.41) is 7.24. The predicted octanol–water partition coefficient (Wildman–Crippen LogP) is 3.18. The molecule has 3 rings (SSSR count). The molecule has 0 radical (unpaired) electrons. The van der Waals surface area contributed by atoms with Crippen LogP contribution in [0.25, 0.3) is 0 Å². The Morgan fingerprint density at radius 3 is 2.32 bits per heavy atom. The number of benzene rings is 1. The third-order valence-electron chi connectivity index (χ3n) is 6.75. The van der Waals surface area contributed by atoms with E-state index in [0.29, 0.717) is 12.0 Å². The van der Waals surface area contributed by atoms with E-state index in [0.717, 1.165) is 71.4 Å². The lowest BCUT2D eigenvalue weighted by molar-refractivity contribution is 0.00750. The lowest BCUT2D eigenvalue weighted by Gasteiger charge is -2.40. The molecule has 2 fully saturated rings. The van der Waals surface area contributed by atoms with Crippen LogP contribution in [-0.4, -0.2) is 76.6 Å². The SMILES string of the molecule is CN=C(NCC(C(C)C)N1CCOCC1)NCC1(c2ccccc2C)CCOCC1.I. The van der Waals surface area contributed by atoms with Crippen molar-refractivity contribution in [1.82, 2.24) is 15.5 Å². The summed E-state index contributed by atoms with van der Waals surface area (Å²) in [6.07, 6.45) is 2.06. The first kappa shape index (κ1) is 26.4. The van der Waals surface area contributed by atoms with Crippen molar-refractivity contribution in [1.29, 1.82) is 0 Å². The molecule has 0 bridgehead atoms. The van der Waals surface area contributed by atoms with E-state index >= 15 is 0 Å². The maximum atomic E-state index is 5.70. The van der Waals surface area contributed by atoms with E-state index in [1.807, 2.05) is 7.05 Å². The lowest BCUT2D eigenvalue weighted by atomic mass is 9.72. The van der Waals surface area contributed by atoms with Crippen molar-refractivity contribution in [3.63, 3.8) is 0 Å². The fraction of sp³-hybridized carbons (Fsp3) is 0.708. The third-order valence-corrected chi connectivity index (χ3v) is 6.75. The smallest absolute Gasteiger partial charge is 0.191 e. The molecule has 2 N–H and O–H groups in total. The number of hydrogen-bond acceptors (Lipinski definition) is 4. The number of nitrogens with one attached hydrogen (secondary N) is 2. The molecule has 1 unspecified atom stereocenters. The number of hydrogen-bond donors (Lipinski definition) is 2. The number of aliphatic imine (C=N–C) groups is 1. The van der Waals surface area contributed by atoms with Gasteiger partial charge < -0.3 is 20.1 Å². The number of nitrogens with zero attached hydrogens (tertiary/aromatic N) is 2. The maximum absolute atomic E-state index is 5.70. The van der Waals surface area contributed by atoms with Crippen molar-refractivity contribution in [2.75, 3.05) is 59.7 Å². The van der Waals surface area contributed by atoms with Crippen LogP contribution in [-0.2, 0) is 14.9 Å². The van der Waals surface area contributed by atoms with E-state index in [4.69, 9.17) is 9.47 Å². The van der Waals surface area contributed by atoms with Crippen LogP contribution in [0.3, 0.4) is 0 Å². The average molecular weight is 545 g/mol. The van der Waals surface area contributed by atoms with Gasteiger partial charge in [0.05, 0.1) is 13.2 Å². The monoisotopic (exact) mass is 544 g/mol. The minimum Gasteiger partial charge on any atom is -0.381 e. The molecule has 0 aromatic heterocycles. The Balaban J connectivity index is 0.00000341. The van der Waals surface area contributed by atoms with E-state index in [-0.39, 0.29) is 29.4 Å². The molecule has 2 saturated heterocycles. The third kappa shape index (κ3) is 7.04. The Morgan fingerprint density at radius 2 is 1.71 bits per heavy atom. The second-order valence-corrected chi connectivity index (χ2v) is 8.97. The average Bonchev–Trinajstić information content (AvgIpc) is 2.77. The van der Waals surface area contributed by atoms with Crippen LogP contribution in [0.1, 0.15) is 37.8 Å². The number of halogens is 1. The Hall–Kier alpha value is -0.900. The predicted molar refractivity (Wildman–Crippen MR) is 139 cm³/mol. The van der Waals surface area contributed by atoms with Crippen LogP contribution < -0.4 is 10.6 Å². The van der Waals surface area contributed by atoms with Gasteiger partial charge in [-0.1, -0.05) is 38.1 Å². The van der Waals surface area contributed by atoms with Gasteiger partial charge in [0.1, 0.15) is 0 Å². The Kier molecular flexibility index (Phi) is 11.0. The normalized spacial score (nSPS) is 20.7. The first-order valence-electron chi connectivity index (χ1n) is 11.5. The molecule has 0 saturated carbocycles. The summed E-state index contributed by atoms with van der Waals surface area (Å²) in [5.74, 6) is 1.45. The molecule has 0 amide bonds. The van der Waals surface area contributed by atoms with Gasteiger partial charge in [0.15, 0.2) is 5.96 Å². The summed E-state index contributed by atoms with van der Waals surface area (Å²) in [6, 6.07) is 9.25. The molecule has 6 nitrogen and oxygen atoms in total. The molecule has 176 valence electrons. The van der Waals surface area contributed by atoms with Crippen LogP contribution in [0.15, 0.2) is 29.3 Å². The summed E-state index contributed by atoms with van der Waals surface area (Å²) in [7, 11) is 1.86. The Labute approximate surface area is 205 Å². The van der Waals surface area contributed by atoms with Crippen molar-refractivity contribution >= 4 is 29.9 Å². The molecule has 1 atom stereocenters. The fourth-order valence-electron chi connectivity index (χ4n) is 4.84. The second-order valence-electron chi connectivity index (χ2n) is 8.97. The molecule has 0 aliphatic carbocycles. The maximum Gasteiger partial charge on any atom is 0.191 e. The highest BCUT2D eigenvalue weighted by molar-refractivity contribution is 14.0. The minimum absolute atomic E-state index is 0. The molecule has 2 aliphatic rings. The van der Waals surface area contributed by atoms with Crippen LogP contribution in [0, 0.1) is 12.8 Å². The zero-order valence-electron chi connectivity index (χ0n) is 19.7. The summed E-state index contributed by atoms with van der Waals surface area (Å²) in [4.78, 5) is 7.06. The van der Waals surface area contributed by atoms with Crippen LogP contribution in [0.4, 0.5) is 0 Å². The van der Waals surface area contributed by atoms with Crippen molar-refractivity contribution in [2.45, 2.75) is 45.1 Å². The van der Waals surface area contributed by atoms with Gasteiger partial charge in [0.2, 0.25) is 0 Å². The molecular formula is C24H41IN4O2. The molecular weight excluding hydrogens is 503 g/mol. The van der Waals surface area contributed by atoms with Crippen molar-refractivity contribution < 1.29 is 9.47 Å². The van der Waals surface area contributed by atoms with E-state index in [1.54, 1.807) is 0 Å². The Morgan fingerprint density at radius 1 is 1.06 bits per heavy atom. The number of rotatable bonds is 7. The first-order valence-corrected chi connectivity index (χ1v) is 11.5. The molecule has 1 aromatic rings. The fourth-order valence-corrected chi connectivity index (χ4v) is 4.84. The van der Waals surface area contributed by atoms with E-state index in [1.165, 1.54) is 11.1 Å². The van der Waals surface area contributed by atoms with Crippen molar-refractivity contribution in [2.24, 2.45) is 10.9 Å². The zero-order chi connectivity index (χ0) is 21.4. The summed E-state index contributed by atoms with van der Waals surface area (Å²) >= 11 is 0. The highest BCUT2D eigenvalue weighted by Gasteiger charge is 2.35. The molecule has 7 heteroatoms. The van der Waals surface area contributed by atoms with Gasteiger partial charge in [0.25, 0.3) is 0 Å². The standard InChI is InChI=1S/C24H40N4O2.HI/c1-19(2)22(28-11-15-30-16-12-28)17-26-23(25-4)27-18-24(9-13-29-14-10-24)21-8-6-5-7-20(21)3;/h5-8,19,22H,9-18H2,1-4H3,(H2,25,26,27);1H. The van der Waals surface area contributed by atoms with Crippen molar-refractivity contribution in [3.8, 4) is 0 Å². The summed E-state index contributed by atoms with van der Waals surface area (Å²) in [6.45, 7) is 13.9. The number of guanidine groups is 1. The minimum atomic E-state index is 0. The lowest BCUT2D eigenvalue weighted by Crippen LogP contribution is -2.54. The highest BCUT2D eigenvalue weighted by atomic mass is 127. The number of morpholine rings is 1.